The molecular weight excluding hydrogens is 398 g/mol. The molecule has 0 aromatic carbocycles. The molecule has 4 heterocycles. The number of carbonyl (C=O) groups is 1. The molecule has 160 valence electrons. The standard InChI is InChI=1S/C22H23N5O4/c28-22(29)18-11-15(3-7-23-18)25-20-12-17(4-8-24-20)31-19-13-27(16-1-2-16)26-21(19)14-5-9-30-10-6-14/h3-4,7-8,11-14,16H,1-2,5-6,9-10H2,(H,28,29)(H,23,24,25). The SMILES string of the molecule is O=C(O)c1cc(Nc2cc(Oc3cn(C4CC4)nc3C3CCOCC3)ccn2)ccn1. The molecule has 1 saturated carbocycles. The van der Waals surface area contributed by atoms with Gasteiger partial charge >= 0.3 is 5.97 Å². The molecule has 0 bridgehead atoms. The normalized spacial score (nSPS) is 16.8. The van der Waals surface area contributed by atoms with Crippen molar-refractivity contribution in [3.8, 4) is 11.5 Å². The number of rotatable bonds is 7. The zero-order chi connectivity index (χ0) is 21.2. The first-order valence-corrected chi connectivity index (χ1v) is 10.4. The van der Waals surface area contributed by atoms with Crippen LogP contribution in [0.4, 0.5) is 11.5 Å². The summed E-state index contributed by atoms with van der Waals surface area (Å²) >= 11 is 0. The minimum atomic E-state index is -1.08. The van der Waals surface area contributed by atoms with Crippen LogP contribution in [0.25, 0.3) is 0 Å². The van der Waals surface area contributed by atoms with E-state index in [1.807, 2.05) is 10.9 Å². The molecule has 0 atom stereocenters. The number of anilines is 2. The lowest BCUT2D eigenvalue weighted by Gasteiger charge is -2.21. The minimum Gasteiger partial charge on any atom is -0.477 e. The van der Waals surface area contributed by atoms with E-state index in [9.17, 15) is 4.79 Å². The molecule has 5 rings (SSSR count). The first kappa shape index (κ1) is 19.5. The Morgan fingerprint density at radius 1 is 1.13 bits per heavy atom. The predicted octanol–water partition coefficient (Wildman–Crippen LogP) is 4.14. The largest absolute Gasteiger partial charge is 0.477 e. The highest BCUT2D eigenvalue weighted by molar-refractivity contribution is 5.86. The summed E-state index contributed by atoms with van der Waals surface area (Å²) < 4.78 is 13.8. The van der Waals surface area contributed by atoms with Crippen LogP contribution in [-0.4, -0.2) is 44.0 Å². The lowest BCUT2D eigenvalue weighted by atomic mass is 9.96. The molecule has 0 spiro atoms. The summed E-state index contributed by atoms with van der Waals surface area (Å²) in [5, 5.41) is 17.1. The number of aromatic carboxylic acids is 1. The molecule has 1 saturated heterocycles. The van der Waals surface area contributed by atoms with Crippen molar-refractivity contribution in [2.45, 2.75) is 37.6 Å². The Hall–Kier alpha value is -3.46. The van der Waals surface area contributed by atoms with Gasteiger partial charge in [-0.3, -0.25) is 4.68 Å². The summed E-state index contributed by atoms with van der Waals surface area (Å²) in [5.41, 5.74) is 1.54. The molecule has 31 heavy (non-hydrogen) atoms. The van der Waals surface area contributed by atoms with Crippen molar-refractivity contribution < 1.29 is 19.4 Å². The van der Waals surface area contributed by atoms with Gasteiger partial charge in [0.1, 0.15) is 23.0 Å². The maximum absolute atomic E-state index is 11.1. The highest BCUT2D eigenvalue weighted by Crippen LogP contribution is 2.40. The number of carboxylic acids is 1. The molecule has 9 nitrogen and oxygen atoms in total. The van der Waals surface area contributed by atoms with E-state index in [0.29, 0.717) is 29.2 Å². The first-order valence-electron chi connectivity index (χ1n) is 10.4. The number of ether oxygens (including phenoxy) is 2. The second kappa shape index (κ2) is 8.35. The molecule has 0 radical (unpaired) electrons. The van der Waals surface area contributed by atoms with Gasteiger partial charge in [-0.2, -0.15) is 5.10 Å². The van der Waals surface area contributed by atoms with Gasteiger partial charge in [-0.05, 0) is 43.9 Å². The summed E-state index contributed by atoms with van der Waals surface area (Å²) in [7, 11) is 0. The summed E-state index contributed by atoms with van der Waals surface area (Å²) in [4.78, 5) is 19.3. The van der Waals surface area contributed by atoms with Crippen molar-refractivity contribution in [3.63, 3.8) is 0 Å². The van der Waals surface area contributed by atoms with Crippen LogP contribution in [0.5, 0.6) is 11.5 Å². The molecule has 9 heteroatoms. The summed E-state index contributed by atoms with van der Waals surface area (Å²) in [6, 6.07) is 7.19. The zero-order valence-electron chi connectivity index (χ0n) is 16.9. The fourth-order valence-corrected chi connectivity index (χ4v) is 3.69. The Morgan fingerprint density at radius 3 is 2.71 bits per heavy atom. The summed E-state index contributed by atoms with van der Waals surface area (Å²) in [5.74, 6) is 1.19. The number of nitrogens with zero attached hydrogens (tertiary/aromatic N) is 4. The quantitative estimate of drug-likeness (QED) is 0.586. The molecule has 2 aliphatic rings. The average Bonchev–Trinajstić information content (AvgIpc) is 3.55. The van der Waals surface area contributed by atoms with E-state index in [1.165, 1.54) is 12.3 Å². The van der Waals surface area contributed by atoms with Crippen LogP contribution in [0.2, 0.25) is 0 Å². The lowest BCUT2D eigenvalue weighted by molar-refractivity contribution is 0.0690. The molecule has 0 amide bonds. The van der Waals surface area contributed by atoms with Crippen molar-refractivity contribution in [1.29, 1.82) is 0 Å². The van der Waals surface area contributed by atoms with Gasteiger partial charge in [-0.15, -0.1) is 0 Å². The fourth-order valence-electron chi connectivity index (χ4n) is 3.69. The Morgan fingerprint density at radius 2 is 1.94 bits per heavy atom. The second-order valence-corrected chi connectivity index (χ2v) is 7.82. The van der Waals surface area contributed by atoms with Crippen molar-refractivity contribution in [2.75, 3.05) is 18.5 Å². The van der Waals surface area contributed by atoms with E-state index in [2.05, 4.69) is 15.3 Å². The van der Waals surface area contributed by atoms with E-state index in [4.69, 9.17) is 19.7 Å². The van der Waals surface area contributed by atoms with Gasteiger partial charge in [0.05, 0.1) is 12.2 Å². The van der Waals surface area contributed by atoms with Crippen LogP contribution in [0.1, 0.15) is 53.8 Å². The topological polar surface area (TPSA) is 111 Å². The van der Waals surface area contributed by atoms with Gasteiger partial charge < -0.3 is 19.9 Å². The molecule has 2 N–H and O–H groups in total. The van der Waals surface area contributed by atoms with Gasteiger partial charge in [0.25, 0.3) is 0 Å². The number of hydrogen-bond acceptors (Lipinski definition) is 7. The van der Waals surface area contributed by atoms with Crippen molar-refractivity contribution in [3.05, 3.63) is 54.2 Å². The van der Waals surface area contributed by atoms with Gasteiger partial charge in [-0.25, -0.2) is 14.8 Å². The third-order valence-electron chi connectivity index (χ3n) is 5.46. The highest BCUT2D eigenvalue weighted by atomic mass is 16.5. The zero-order valence-corrected chi connectivity index (χ0v) is 16.9. The monoisotopic (exact) mass is 421 g/mol. The maximum Gasteiger partial charge on any atom is 0.354 e. The number of hydrogen-bond donors (Lipinski definition) is 2. The van der Waals surface area contributed by atoms with Crippen LogP contribution in [0.3, 0.4) is 0 Å². The van der Waals surface area contributed by atoms with E-state index < -0.39 is 5.97 Å². The van der Waals surface area contributed by atoms with Gasteiger partial charge in [0.15, 0.2) is 5.75 Å². The average molecular weight is 421 g/mol. The van der Waals surface area contributed by atoms with Gasteiger partial charge in [-0.1, -0.05) is 0 Å². The van der Waals surface area contributed by atoms with E-state index >= 15 is 0 Å². The molecule has 3 aromatic heterocycles. The third kappa shape index (κ3) is 4.51. The fraction of sp³-hybridized carbons (Fsp3) is 0.364. The Labute approximate surface area is 179 Å². The van der Waals surface area contributed by atoms with Crippen molar-refractivity contribution >= 4 is 17.5 Å². The maximum atomic E-state index is 11.1. The van der Waals surface area contributed by atoms with Crippen LogP contribution >= 0.6 is 0 Å². The van der Waals surface area contributed by atoms with E-state index in [0.717, 1.165) is 50.3 Å². The van der Waals surface area contributed by atoms with Crippen molar-refractivity contribution in [2.24, 2.45) is 0 Å². The first-order chi connectivity index (χ1) is 15.2. The van der Waals surface area contributed by atoms with Crippen LogP contribution in [0, 0.1) is 0 Å². The summed E-state index contributed by atoms with van der Waals surface area (Å²) in [6.07, 6.45) is 9.28. The van der Waals surface area contributed by atoms with Crippen LogP contribution in [0.15, 0.2) is 42.9 Å². The number of aromatic nitrogens is 4. The minimum absolute atomic E-state index is 0.0361. The molecule has 1 aliphatic carbocycles. The molecule has 0 unspecified atom stereocenters. The molecule has 1 aliphatic heterocycles. The number of nitrogens with one attached hydrogen (secondary N) is 1. The van der Waals surface area contributed by atoms with Crippen molar-refractivity contribution in [1.82, 2.24) is 19.7 Å². The Bertz CT molecular complexity index is 1090. The van der Waals surface area contributed by atoms with Crippen LogP contribution < -0.4 is 10.1 Å². The number of pyridine rings is 2. The van der Waals surface area contributed by atoms with Crippen LogP contribution in [-0.2, 0) is 4.74 Å². The van der Waals surface area contributed by atoms with Gasteiger partial charge in [0.2, 0.25) is 0 Å². The summed E-state index contributed by atoms with van der Waals surface area (Å²) in [6.45, 7) is 1.49. The smallest absolute Gasteiger partial charge is 0.354 e. The lowest BCUT2D eigenvalue weighted by Crippen LogP contribution is -2.15. The van der Waals surface area contributed by atoms with E-state index in [1.54, 1.807) is 24.4 Å². The Balaban J connectivity index is 1.37. The predicted molar refractivity (Wildman–Crippen MR) is 112 cm³/mol. The second-order valence-electron chi connectivity index (χ2n) is 7.82. The highest BCUT2D eigenvalue weighted by Gasteiger charge is 2.29. The van der Waals surface area contributed by atoms with E-state index in [-0.39, 0.29) is 5.69 Å². The molecular formula is C22H23N5O4. The van der Waals surface area contributed by atoms with Gasteiger partial charge in [0, 0.05) is 43.3 Å². The number of carboxylic acid groups (broad SMARTS) is 1. The third-order valence-corrected chi connectivity index (χ3v) is 5.46. The molecule has 3 aromatic rings. The Kier molecular flexibility index (Phi) is 5.25. The molecule has 2 fully saturated rings.